The Bertz CT molecular complexity index is 189. The Morgan fingerprint density at radius 1 is 1.25 bits per heavy atom. The van der Waals surface area contributed by atoms with Crippen LogP contribution < -0.4 is 5.73 Å². The third-order valence-electron chi connectivity index (χ3n) is 2.11. The molecule has 1 fully saturated rings. The maximum atomic E-state index is 5.29. The zero-order valence-corrected chi connectivity index (χ0v) is 7.66. The average Bonchev–Trinajstić information content (AvgIpc) is 2.67. The molecule has 0 amide bonds. The van der Waals surface area contributed by atoms with Gasteiger partial charge in [0.2, 0.25) is 0 Å². The maximum Gasteiger partial charge on any atom is 0.199 e. The fourth-order valence-corrected chi connectivity index (χ4v) is 1.26. The number of hydrogen-bond acceptors (Lipinski definition) is 2. The Hall–Kier alpha value is -0.990. The summed E-state index contributed by atoms with van der Waals surface area (Å²) in [5.41, 5.74) is 5.29. The van der Waals surface area contributed by atoms with Crippen LogP contribution in [0.25, 0.3) is 0 Å². The van der Waals surface area contributed by atoms with Crippen molar-refractivity contribution in [1.82, 2.24) is 9.55 Å². The van der Waals surface area contributed by atoms with Crippen LogP contribution in [-0.2, 0) is 7.05 Å². The number of nitrogen functional groups attached to an aromatic ring is 1. The van der Waals surface area contributed by atoms with Crippen LogP contribution in [0.15, 0.2) is 12.4 Å². The average molecular weight is 167 g/mol. The highest BCUT2D eigenvalue weighted by Gasteiger charge is 1.95. The van der Waals surface area contributed by atoms with Crippen LogP contribution in [-0.4, -0.2) is 9.55 Å². The van der Waals surface area contributed by atoms with Crippen molar-refractivity contribution in [3.8, 4) is 0 Å². The predicted octanol–water partition coefficient (Wildman–Crippen LogP) is 1.95. The second kappa shape index (κ2) is 4.80. The second-order valence-electron chi connectivity index (χ2n) is 3.16. The van der Waals surface area contributed by atoms with Gasteiger partial charge in [0.1, 0.15) is 0 Å². The van der Waals surface area contributed by atoms with Crippen LogP contribution in [0.1, 0.15) is 32.1 Å². The van der Waals surface area contributed by atoms with Crippen molar-refractivity contribution in [1.29, 1.82) is 0 Å². The summed E-state index contributed by atoms with van der Waals surface area (Å²) >= 11 is 0. The van der Waals surface area contributed by atoms with Gasteiger partial charge in [-0.1, -0.05) is 32.1 Å². The Balaban J connectivity index is 0.000000127. The zero-order valence-electron chi connectivity index (χ0n) is 7.66. The van der Waals surface area contributed by atoms with E-state index in [0.29, 0.717) is 5.95 Å². The normalized spacial score (nSPS) is 15.4. The summed E-state index contributed by atoms with van der Waals surface area (Å²) < 4.78 is 1.75. The first-order valence-electron chi connectivity index (χ1n) is 4.53. The molecule has 1 aromatic heterocycles. The van der Waals surface area contributed by atoms with Gasteiger partial charge in [0.05, 0.1) is 0 Å². The molecule has 1 saturated carbocycles. The van der Waals surface area contributed by atoms with Gasteiger partial charge in [0.15, 0.2) is 5.95 Å². The molecule has 12 heavy (non-hydrogen) atoms. The van der Waals surface area contributed by atoms with Gasteiger partial charge in [-0.3, -0.25) is 0 Å². The summed E-state index contributed by atoms with van der Waals surface area (Å²) in [7, 11) is 1.85. The van der Waals surface area contributed by atoms with Crippen LogP contribution in [0.4, 0.5) is 5.95 Å². The van der Waals surface area contributed by atoms with Crippen LogP contribution in [0.3, 0.4) is 0 Å². The number of rotatable bonds is 0. The fourth-order valence-electron chi connectivity index (χ4n) is 1.26. The lowest BCUT2D eigenvalue weighted by Gasteiger charge is -1.87. The zero-order chi connectivity index (χ0) is 8.81. The van der Waals surface area contributed by atoms with E-state index in [-0.39, 0.29) is 0 Å². The van der Waals surface area contributed by atoms with Gasteiger partial charge in [-0.25, -0.2) is 4.98 Å². The maximum absolute atomic E-state index is 5.29. The predicted molar refractivity (Wildman–Crippen MR) is 50.7 cm³/mol. The highest BCUT2D eigenvalue weighted by atomic mass is 15.1. The van der Waals surface area contributed by atoms with Crippen LogP contribution in [0.2, 0.25) is 0 Å². The first-order chi connectivity index (χ1) is 5.80. The van der Waals surface area contributed by atoms with Crippen LogP contribution in [0.5, 0.6) is 0 Å². The van der Waals surface area contributed by atoms with Gasteiger partial charge < -0.3 is 10.3 Å². The lowest BCUT2D eigenvalue weighted by atomic mass is 10.4. The molecule has 3 nitrogen and oxygen atoms in total. The Morgan fingerprint density at radius 2 is 1.75 bits per heavy atom. The van der Waals surface area contributed by atoms with E-state index >= 15 is 0 Å². The summed E-state index contributed by atoms with van der Waals surface area (Å²) in [6, 6.07) is 0. The molecule has 2 rings (SSSR count). The molecule has 2 N–H and O–H groups in total. The number of aromatic nitrogens is 2. The lowest BCUT2D eigenvalue weighted by molar-refractivity contribution is 0.886. The van der Waals surface area contributed by atoms with E-state index in [4.69, 9.17) is 5.73 Å². The SMILES string of the molecule is C1CCCC1.Cn1ccnc1N. The van der Waals surface area contributed by atoms with Crippen LogP contribution in [0, 0.1) is 0 Å². The topological polar surface area (TPSA) is 43.8 Å². The summed E-state index contributed by atoms with van der Waals surface area (Å²) in [6.45, 7) is 0. The van der Waals surface area contributed by atoms with Crippen molar-refractivity contribution >= 4 is 5.95 Å². The summed E-state index contributed by atoms with van der Waals surface area (Å²) in [5, 5.41) is 0. The standard InChI is InChI=1S/C5H10.C4H7N3/c1-2-4-5-3-1;1-7-3-2-6-4(7)5/h1-5H2;2-3H,1H3,(H2,5,6). The Kier molecular flexibility index (Phi) is 3.64. The second-order valence-corrected chi connectivity index (χ2v) is 3.16. The Labute approximate surface area is 73.6 Å². The summed E-state index contributed by atoms with van der Waals surface area (Å²) in [5.74, 6) is 0.556. The molecule has 0 aliphatic heterocycles. The molecule has 68 valence electrons. The molecule has 0 aromatic carbocycles. The lowest BCUT2D eigenvalue weighted by Crippen LogP contribution is -1.94. The molecular formula is C9H17N3. The third-order valence-corrected chi connectivity index (χ3v) is 2.11. The van der Waals surface area contributed by atoms with Crippen molar-refractivity contribution in [3.05, 3.63) is 12.4 Å². The molecule has 0 radical (unpaired) electrons. The summed E-state index contributed by atoms with van der Waals surface area (Å²) in [4.78, 5) is 3.76. The quantitative estimate of drug-likeness (QED) is 0.642. The highest BCUT2D eigenvalue weighted by molar-refractivity contribution is 5.15. The molecule has 1 aromatic rings. The van der Waals surface area contributed by atoms with Gasteiger partial charge in [-0.05, 0) is 0 Å². The van der Waals surface area contributed by atoms with Gasteiger partial charge in [-0.2, -0.15) is 0 Å². The minimum absolute atomic E-state index is 0.556. The van der Waals surface area contributed by atoms with Crippen molar-refractivity contribution in [2.24, 2.45) is 7.05 Å². The minimum atomic E-state index is 0.556. The third kappa shape index (κ3) is 2.95. The van der Waals surface area contributed by atoms with Crippen LogP contribution >= 0.6 is 0 Å². The molecule has 0 atom stereocenters. The van der Waals surface area contributed by atoms with Gasteiger partial charge in [0, 0.05) is 19.4 Å². The van der Waals surface area contributed by atoms with Crippen molar-refractivity contribution in [2.45, 2.75) is 32.1 Å². The largest absolute Gasteiger partial charge is 0.369 e. The van der Waals surface area contributed by atoms with Gasteiger partial charge >= 0.3 is 0 Å². The molecule has 0 saturated heterocycles. The molecule has 1 aliphatic rings. The van der Waals surface area contributed by atoms with Crippen molar-refractivity contribution in [3.63, 3.8) is 0 Å². The van der Waals surface area contributed by atoms with E-state index in [2.05, 4.69) is 4.98 Å². The highest BCUT2D eigenvalue weighted by Crippen LogP contribution is 2.15. The van der Waals surface area contributed by atoms with Crippen molar-refractivity contribution in [2.75, 3.05) is 5.73 Å². The minimum Gasteiger partial charge on any atom is -0.369 e. The first-order valence-corrected chi connectivity index (χ1v) is 4.53. The molecule has 3 heteroatoms. The number of nitrogens with zero attached hydrogens (tertiary/aromatic N) is 2. The first kappa shape index (κ1) is 9.10. The molecular weight excluding hydrogens is 150 g/mol. The van der Waals surface area contributed by atoms with E-state index in [0.717, 1.165) is 0 Å². The number of hydrogen-bond donors (Lipinski definition) is 1. The number of imidazole rings is 1. The van der Waals surface area contributed by atoms with E-state index < -0.39 is 0 Å². The van der Waals surface area contributed by atoms with E-state index in [1.165, 1.54) is 32.1 Å². The Morgan fingerprint density at radius 3 is 1.92 bits per heavy atom. The molecule has 0 unspecified atom stereocenters. The van der Waals surface area contributed by atoms with E-state index in [1.54, 1.807) is 17.0 Å². The smallest absolute Gasteiger partial charge is 0.199 e. The monoisotopic (exact) mass is 167 g/mol. The van der Waals surface area contributed by atoms with E-state index in [1.807, 2.05) is 7.05 Å². The molecule has 1 heterocycles. The van der Waals surface area contributed by atoms with Crippen molar-refractivity contribution < 1.29 is 0 Å². The summed E-state index contributed by atoms with van der Waals surface area (Å²) in [6.07, 6.45) is 11.0. The van der Waals surface area contributed by atoms with E-state index in [9.17, 15) is 0 Å². The molecule has 0 spiro atoms. The number of anilines is 1. The number of aryl methyl sites for hydroxylation is 1. The number of nitrogens with two attached hydrogens (primary N) is 1. The molecule has 0 bridgehead atoms. The molecule has 1 aliphatic carbocycles. The van der Waals surface area contributed by atoms with Gasteiger partial charge in [0.25, 0.3) is 0 Å². The fraction of sp³-hybridized carbons (Fsp3) is 0.667. The van der Waals surface area contributed by atoms with Gasteiger partial charge in [-0.15, -0.1) is 0 Å².